The average Bonchev–Trinajstić information content (AvgIpc) is 2.23. The first-order chi connectivity index (χ1) is 8.14. The van der Waals surface area contributed by atoms with Gasteiger partial charge in [0.05, 0.1) is 0 Å². The van der Waals surface area contributed by atoms with Crippen molar-refractivity contribution < 1.29 is 31.1 Å². The SMILES string of the molecule is NNc1cccc(OC(C(F)(F)F)C(F)(F)F)n1. The number of hydrogen-bond acceptors (Lipinski definition) is 4. The van der Waals surface area contributed by atoms with Crippen molar-refractivity contribution in [3.8, 4) is 5.88 Å². The number of hydrazine groups is 1. The van der Waals surface area contributed by atoms with Crippen LogP contribution in [0.3, 0.4) is 0 Å². The van der Waals surface area contributed by atoms with Gasteiger partial charge < -0.3 is 10.2 Å². The topological polar surface area (TPSA) is 60.2 Å². The lowest BCUT2D eigenvalue weighted by atomic mass is 10.3. The Morgan fingerprint density at radius 1 is 1.11 bits per heavy atom. The van der Waals surface area contributed by atoms with Gasteiger partial charge in [0.1, 0.15) is 5.82 Å². The molecule has 0 unspecified atom stereocenters. The molecule has 102 valence electrons. The molecule has 0 aliphatic heterocycles. The average molecular weight is 275 g/mol. The van der Waals surface area contributed by atoms with Crippen LogP contribution in [0.2, 0.25) is 0 Å². The minimum atomic E-state index is -5.59. The summed E-state index contributed by atoms with van der Waals surface area (Å²) in [5.74, 6) is 3.94. The first-order valence-corrected chi connectivity index (χ1v) is 4.38. The van der Waals surface area contributed by atoms with Crippen molar-refractivity contribution >= 4 is 5.82 Å². The molecule has 0 bridgehead atoms. The predicted octanol–water partition coefficient (Wildman–Crippen LogP) is 2.24. The summed E-state index contributed by atoms with van der Waals surface area (Å²) in [7, 11) is 0. The molecule has 18 heavy (non-hydrogen) atoms. The largest absolute Gasteiger partial charge is 0.455 e. The normalized spacial score (nSPS) is 12.7. The number of anilines is 1. The van der Waals surface area contributed by atoms with Gasteiger partial charge in [-0.1, -0.05) is 6.07 Å². The van der Waals surface area contributed by atoms with E-state index >= 15 is 0 Å². The molecule has 0 aromatic carbocycles. The lowest BCUT2D eigenvalue weighted by Crippen LogP contribution is -2.46. The van der Waals surface area contributed by atoms with Crippen molar-refractivity contribution in [3.05, 3.63) is 18.2 Å². The molecular formula is C8H7F6N3O. The monoisotopic (exact) mass is 275 g/mol. The quantitative estimate of drug-likeness (QED) is 0.504. The molecule has 1 rings (SSSR count). The van der Waals surface area contributed by atoms with Crippen LogP contribution in [0.4, 0.5) is 32.2 Å². The number of hydrogen-bond donors (Lipinski definition) is 2. The van der Waals surface area contributed by atoms with E-state index in [0.717, 1.165) is 12.1 Å². The lowest BCUT2D eigenvalue weighted by molar-refractivity contribution is -0.300. The molecular weight excluding hydrogens is 268 g/mol. The summed E-state index contributed by atoms with van der Waals surface area (Å²) >= 11 is 0. The van der Waals surface area contributed by atoms with Crippen LogP contribution in [0.15, 0.2) is 18.2 Å². The fourth-order valence-electron chi connectivity index (χ4n) is 1.00. The molecule has 4 nitrogen and oxygen atoms in total. The standard InChI is InChI=1S/C8H7F6N3O/c9-7(10,11)6(8(12,13)14)18-5-3-1-2-4(16-5)17-15/h1-3,6H,15H2,(H,16,17). The third-order valence-electron chi connectivity index (χ3n) is 1.70. The van der Waals surface area contributed by atoms with Gasteiger partial charge >= 0.3 is 12.4 Å². The van der Waals surface area contributed by atoms with Gasteiger partial charge in [-0.05, 0) is 6.07 Å². The van der Waals surface area contributed by atoms with Crippen LogP contribution in [0.1, 0.15) is 0 Å². The molecule has 10 heteroatoms. The van der Waals surface area contributed by atoms with Crippen molar-refractivity contribution in [3.63, 3.8) is 0 Å². The van der Waals surface area contributed by atoms with E-state index in [4.69, 9.17) is 5.84 Å². The predicted molar refractivity (Wildman–Crippen MR) is 48.6 cm³/mol. The van der Waals surface area contributed by atoms with E-state index in [1.807, 2.05) is 5.43 Å². The van der Waals surface area contributed by atoms with Crippen LogP contribution in [-0.2, 0) is 0 Å². The highest BCUT2D eigenvalue weighted by Crippen LogP contribution is 2.36. The van der Waals surface area contributed by atoms with E-state index in [1.54, 1.807) is 0 Å². The second-order valence-electron chi connectivity index (χ2n) is 3.09. The summed E-state index contributed by atoms with van der Waals surface area (Å²) in [4.78, 5) is 3.30. The molecule has 3 N–H and O–H groups in total. The number of ether oxygens (including phenoxy) is 1. The van der Waals surface area contributed by atoms with Crippen molar-refractivity contribution in [2.24, 2.45) is 5.84 Å². The van der Waals surface area contributed by atoms with Crippen LogP contribution in [0.5, 0.6) is 5.88 Å². The molecule has 0 atom stereocenters. The summed E-state index contributed by atoms with van der Waals surface area (Å²) in [5, 5.41) is 0. The zero-order chi connectivity index (χ0) is 14.0. The molecule has 0 aliphatic rings. The summed E-state index contributed by atoms with van der Waals surface area (Å²) in [6, 6.07) is 3.23. The molecule has 0 amide bonds. The summed E-state index contributed by atoms with van der Waals surface area (Å²) in [6.07, 6.45) is -15.1. The molecule has 0 spiro atoms. The zero-order valence-corrected chi connectivity index (χ0v) is 8.51. The summed E-state index contributed by atoms with van der Waals surface area (Å²) in [5.41, 5.74) is 1.96. The number of nitrogens with zero attached hydrogens (tertiary/aromatic N) is 1. The van der Waals surface area contributed by atoms with Crippen molar-refractivity contribution in [1.82, 2.24) is 4.98 Å². The second kappa shape index (κ2) is 4.88. The Kier molecular flexibility index (Phi) is 3.89. The first kappa shape index (κ1) is 14.4. The van der Waals surface area contributed by atoms with Crippen LogP contribution in [0.25, 0.3) is 0 Å². The second-order valence-corrected chi connectivity index (χ2v) is 3.09. The van der Waals surface area contributed by atoms with Crippen molar-refractivity contribution in [2.45, 2.75) is 18.5 Å². The highest BCUT2D eigenvalue weighted by molar-refractivity contribution is 5.35. The molecule has 0 saturated carbocycles. The molecule has 0 aliphatic carbocycles. The minimum Gasteiger partial charge on any atom is -0.455 e. The Bertz CT molecular complexity index is 391. The Labute approximate surface area is 96.7 Å². The van der Waals surface area contributed by atoms with Gasteiger partial charge in [-0.3, -0.25) is 0 Å². The Morgan fingerprint density at radius 2 is 1.67 bits per heavy atom. The minimum absolute atomic E-state index is 0.129. The number of halogens is 6. The van der Waals surface area contributed by atoms with Crippen molar-refractivity contribution in [1.29, 1.82) is 0 Å². The maximum absolute atomic E-state index is 12.2. The Hall–Kier alpha value is -1.71. The van der Waals surface area contributed by atoms with Gasteiger partial charge in [0.15, 0.2) is 0 Å². The highest BCUT2D eigenvalue weighted by Gasteiger charge is 2.59. The smallest absolute Gasteiger partial charge is 0.434 e. The van der Waals surface area contributed by atoms with E-state index in [9.17, 15) is 26.3 Å². The molecule has 0 saturated heterocycles. The van der Waals surface area contributed by atoms with Gasteiger partial charge in [-0.2, -0.15) is 31.3 Å². The van der Waals surface area contributed by atoms with Gasteiger partial charge in [0.2, 0.25) is 5.88 Å². The van der Waals surface area contributed by atoms with Crippen LogP contribution >= 0.6 is 0 Å². The fraction of sp³-hybridized carbons (Fsp3) is 0.375. The maximum Gasteiger partial charge on any atom is 0.434 e. The molecule has 1 aromatic rings. The fourth-order valence-corrected chi connectivity index (χ4v) is 1.00. The molecule has 1 heterocycles. The third-order valence-corrected chi connectivity index (χ3v) is 1.70. The van der Waals surface area contributed by atoms with Gasteiger partial charge in [-0.15, -0.1) is 0 Å². The first-order valence-electron chi connectivity index (χ1n) is 4.38. The van der Waals surface area contributed by atoms with E-state index in [1.165, 1.54) is 6.07 Å². The van der Waals surface area contributed by atoms with Crippen LogP contribution in [-0.4, -0.2) is 23.4 Å². The number of nitrogens with one attached hydrogen (secondary N) is 1. The van der Waals surface area contributed by atoms with Gasteiger partial charge in [0.25, 0.3) is 6.10 Å². The van der Waals surface area contributed by atoms with E-state index in [2.05, 4.69) is 9.72 Å². The number of pyridine rings is 1. The highest BCUT2D eigenvalue weighted by atomic mass is 19.4. The van der Waals surface area contributed by atoms with Gasteiger partial charge in [0, 0.05) is 6.07 Å². The van der Waals surface area contributed by atoms with E-state index in [-0.39, 0.29) is 5.82 Å². The van der Waals surface area contributed by atoms with Crippen molar-refractivity contribution in [2.75, 3.05) is 5.43 Å². The van der Waals surface area contributed by atoms with Crippen LogP contribution in [0, 0.1) is 0 Å². The Balaban J connectivity index is 2.97. The number of rotatable bonds is 3. The number of nitrogens with two attached hydrogens (primary N) is 1. The maximum atomic E-state index is 12.2. The zero-order valence-electron chi connectivity index (χ0n) is 8.51. The summed E-state index contributed by atoms with van der Waals surface area (Å²) < 4.78 is 76.9. The lowest BCUT2D eigenvalue weighted by Gasteiger charge is -2.23. The van der Waals surface area contributed by atoms with Crippen LogP contribution < -0.4 is 16.0 Å². The number of alkyl halides is 6. The molecule has 1 aromatic heterocycles. The number of aromatic nitrogens is 1. The molecule has 0 radical (unpaired) electrons. The van der Waals surface area contributed by atoms with E-state index in [0.29, 0.717) is 0 Å². The molecule has 0 fully saturated rings. The summed E-state index contributed by atoms with van der Waals surface area (Å²) in [6.45, 7) is 0. The Morgan fingerprint density at radius 3 is 2.11 bits per heavy atom. The van der Waals surface area contributed by atoms with Gasteiger partial charge in [-0.25, -0.2) is 5.84 Å². The van der Waals surface area contributed by atoms with E-state index < -0.39 is 24.3 Å². The number of nitrogen functional groups attached to an aromatic ring is 1. The third kappa shape index (κ3) is 3.65.